The van der Waals surface area contributed by atoms with Crippen LogP contribution in [-0.4, -0.2) is 51.4 Å². The van der Waals surface area contributed by atoms with Gasteiger partial charge >= 0.3 is 5.97 Å². The minimum Gasteiger partial charge on any atom is -0.482 e. The topological polar surface area (TPSA) is 102 Å². The Kier molecular flexibility index (Phi) is 7.11. The molecule has 30 heavy (non-hydrogen) atoms. The fourth-order valence-electron chi connectivity index (χ4n) is 3.16. The van der Waals surface area contributed by atoms with E-state index in [9.17, 15) is 18.0 Å². The van der Waals surface area contributed by atoms with Gasteiger partial charge in [-0.25, -0.2) is 13.2 Å². The Hall–Kier alpha value is -2.43. The largest absolute Gasteiger partial charge is 0.482 e. The standard InChI is InChI=1S/C20H24N2O6S2/c1-14-12-15(28-13-18(23)27-2)6-7-16(14)21-20(24)19-17(8-11-29-19)30(25,26)22-9-4-3-5-10-22/h6-8,11-12H,3-5,9-10,13H2,1-2H3,(H,21,24). The van der Waals surface area contributed by atoms with E-state index < -0.39 is 21.9 Å². The minimum absolute atomic E-state index is 0.0441. The lowest BCUT2D eigenvalue weighted by Crippen LogP contribution is -2.36. The van der Waals surface area contributed by atoms with Crippen LogP contribution >= 0.6 is 11.3 Å². The number of aryl methyl sites for hydroxylation is 1. The van der Waals surface area contributed by atoms with E-state index in [4.69, 9.17) is 4.74 Å². The third-order valence-electron chi connectivity index (χ3n) is 4.80. The number of piperidine rings is 1. The molecule has 1 aliphatic heterocycles. The van der Waals surface area contributed by atoms with Gasteiger partial charge in [0.2, 0.25) is 10.0 Å². The van der Waals surface area contributed by atoms with Gasteiger partial charge in [-0.2, -0.15) is 4.31 Å². The minimum atomic E-state index is -3.70. The van der Waals surface area contributed by atoms with E-state index in [0.717, 1.165) is 30.6 Å². The molecule has 1 aromatic heterocycles. The van der Waals surface area contributed by atoms with E-state index in [-0.39, 0.29) is 16.4 Å². The van der Waals surface area contributed by atoms with E-state index in [1.165, 1.54) is 17.5 Å². The van der Waals surface area contributed by atoms with Gasteiger partial charge in [-0.3, -0.25) is 4.79 Å². The number of anilines is 1. The summed E-state index contributed by atoms with van der Waals surface area (Å²) in [7, 11) is -2.42. The van der Waals surface area contributed by atoms with Crippen molar-refractivity contribution in [3.63, 3.8) is 0 Å². The summed E-state index contributed by atoms with van der Waals surface area (Å²) >= 11 is 1.10. The summed E-state index contributed by atoms with van der Waals surface area (Å²) in [6, 6.07) is 6.43. The molecule has 1 N–H and O–H groups in total. The SMILES string of the molecule is COC(=O)COc1ccc(NC(=O)c2sccc2S(=O)(=O)N2CCCCC2)c(C)c1. The van der Waals surface area contributed by atoms with Crippen LogP contribution in [0, 0.1) is 6.92 Å². The average molecular weight is 453 g/mol. The Morgan fingerprint density at radius 1 is 1.17 bits per heavy atom. The van der Waals surface area contributed by atoms with Crippen molar-refractivity contribution in [2.75, 3.05) is 32.1 Å². The van der Waals surface area contributed by atoms with Crippen molar-refractivity contribution in [3.8, 4) is 5.75 Å². The molecule has 0 bridgehead atoms. The summed E-state index contributed by atoms with van der Waals surface area (Å²) in [5.41, 5.74) is 1.24. The van der Waals surface area contributed by atoms with Crippen molar-refractivity contribution < 1.29 is 27.5 Å². The summed E-state index contributed by atoms with van der Waals surface area (Å²) in [6.45, 7) is 2.52. The molecule has 0 spiro atoms. The Labute approximate surface area is 179 Å². The number of sulfonamides is 1. The molecule has 1 fully saturated rings. The number of hydrogen-bond donors (Lipinski definition) is 1. The highest BCUT2D eigenvalue weighted by molar-refractivity contribution is 7.89. The Balaban J connectivity index is 1.74. The van der Waals surface area contributed by atoms with E-state index in [0.29, 0.717) is 30.1 Å². The quantitative estimate of drug-likeness (QED) is 0.648. The van der Waals surface area contributed by atoms with Gasteiger partial charge in [0.25, 0.3) is 5.91 Å². The van der Waals surface area contributed by atoms with E-state index >= 15 is 0 Å². The highest BCUT2D eigenvalue weighted by atomic mass is 32.2. The monoisotopic (exact) mass is 452 g/mol. The zero-order valence-corrected chi connectivity index (χ0v) is 18.5. The van der Waals surface area contributed by atoms with Crippen LogP contribution < -0.4 is 10.1 Å². The number of hydrogen-bond acceptors (Lipinski definition) is 7. The number of methoxy groups -OCH3 is 1. The molecule has 0 saturated carbocycles. The maximum absolute atomic E-state index is 13.0. The average Bonchev–Trinajstić information content (AvgIpc) is 3.25. The fraction of sp³-hybridized carbons (Fsp3) is 0.400. The Morgan fingerprint density at radius 3 is 2.57 bits per heavy atom. The van der Waals surface area contributed by atoms with Gasteiger partial charge < -0.3 is 14.8 Å². The van der Waals surface area contributed by atoms with Crippen LogP contribution in [-0.2, 0) is 19.6 Å². The second kappa shape index (κ2) is 9.59. The number of ether oxygens (including phenoxy) is 2. The predicted octanol–water partition coefficient (Wildman–Crippen LogP) is 3.04. The third-order valence-corrected chi connectivity index (χ3v) is 7.78. The van der Waals surface area contributed by atoms with Crippen LogP contribution in [0.3, 0.4) is 0 Å². The van der Waals surface area contributed by atoms with Crippen molar-refractivity contribution in [1.82, 2.24) is 4.31 Å². The number of esters is 1. The fourth-order valence-corrected chi connectivity index (χ4v) is 5.97. The van der Waals surface area contributed by atoms with Crippen LogP contribution in [0.1, 0.15) is 34.5 Å². The number of nitrogens with zero attached hydrogens (tertiary/aromatic N) is 1. The Bertz CT molecular complexity index is 1030. The maximum Gasteiger partial charge on any atom is 0.343 e. The number of benzene rings is 1. The van der Waals surface area contributed by atoms with E-state index in [1.807, 2.05) is 0 Å². The molecule has 1 saturated heterocycles. The molecule has 10 heteroatoms. The number of carbonyl (C=O) groups is 2. The van der Waals surface area contributed by atoms with Crippen molar-refractivity contribution in [2.45, 2.75) is 31.1 Å². The van der Waals surface area contributed by atoms with Crippen molar-refractivity contribution >= 4 is 38.9 Å². The number of carbonyl (C=O) groups excluding carboxylic acids is 2. The lowest BCUT2D eigenvalue weighted by atomic mass is 10.2. The maximum atomic E-state index is 13.0. The van der Waals surface area contributed by atoms with E-state index in [1.54, 1.807) is 30.5 Å². The first-order valence-electron chi connectivity index (χ1n) is 9.52. The normalized spacial score (nSPS) is 14.9. The lowest BCUT2D eigenvalue weighted by molar-refractivity contribution is -0.142. The molecular formula is C20H24N2O6S2. The van der Waals surface area contributed by atoms with Crippen molar-refractivity contribution in [3.05, 3.63) is 40.1 Å². The molecule has 2 aromatic rings. The lowest BCUT2D eigenvalue weighted by Gasteiger charge is -2.25. The van der Waals surface area contributed by atoms with Gasteiger partial charge in [-0.1, -0.05) is 6.42 Å². The summed E-state index contributed by atoms with van der Waals surface area (Å²) in [5, 5.41) is 4.39. The second-order valence-corrected chi connectivity index (χ2v) is 9.70. The Morgan fingerprint density at radius 2 is 1.90 bits per heavy atom. The molecule has 1 aromatic carbocycles. The molecule has 0 radical (unpaired) electrons. The van der Waals surface area contributed by atoms with Gasteiger partial charge in [0.1, 0.15) is 15.5 Å². The van der Waals surface area contributed by atoms with Crippen molar-refractivity contribution in [2.24, 2.45) is 0 Å². The molecule has 2 heterocycles. The number of amides is 1. The second-order valence-electron chi connectivity index (χ2n) is 6.87. The summed E-state index contributed by atoms with van der Waals surface area (Å²) < 4.78 is 37.3. The van der Waals surface area contributed by atoms with E-state index in [2.05, 4.69) is 10.1 Å². The molecule has 8 nitrogen and oxygen atoms in total. The predicted molar refractivity (Wildman–Crippen MR) is 114 cm³/mol. The highest BCUT2D eigenvalue weighted by Crippen LogP contribution is 2.29. The summed E-state index contributed by atoms with van der Waals surface area (Å²) in [5.74, 6) is -0.516. The molecule has 3 rings (SSSR count). The molecule has 1 amide bonds. The first-order chi connectivity index (χ1) is 14.3. The molecule has 0 aliphatic carbocycles. The third kappa shape index (κ3) is 5.00. The van der Waals surface area contributed by atoms with Gasteiger partial charge in [0, 0.05) is 18.8 Å². The first-order valence-corrected chi connectivity index (χ1v) is 11.8. The molecule has 0 atom stereocenters. The van der Waals surface area contributed by atoms with Crippen LogP contribution in [0.4, 0.5) is 5.69 Å². The molecule has 0 unspecified atom stereocenters. The van der Waals surface area contributed by atoms with Crippen molar-refractivity contribution in [1.29, 1.82) is 0 Å². The first kappa shape index (κ1) is 22.3. The molecule has 162 valence electrons. The van der Waals surface area contributed by atoms with Crippen LogP contribution in [0.15, 0.2) is 34.5 Å². The highest BCUT2D eigenvalue weighted by Gasteiger charge is 2.31. The van der Waals surface area contributed by atoms with Crippen LogP contribution in [0.2, 0.25) is 0 Å². The van der Waals surface area contributed by atoms with Gasteiger partial charge in [0.05, 0.1) is 7.11 Å². The zero-order chi connectivity index (χ0) is 21.7. The summed E-state index contributed by atoms with van der Waals surface area (Å²) in [4.78, 5) is 24.2. The molecular weight excluding hydrogens is 428 g/mol. The van der Waals surface area contributed by atoms with Gasteiger partial charge in [-0.05, 0) is 55.0 Å². The number of nitrogens with one attached hydrogen (secondary N) is 1. The zero-order valence-electron chi connectivity index (χ0n) is 16.8. The van der Waals surface area contributed by atoms with Gasteiger partial charge in [0.15, 0.2) is 6.61 Å². The van der Waals surface area contributed by atoms with Crippen LogP contribution in [0.5, 0.6) is 5.75 Å². The number of rotatable bonds is 7. The smallest absolute Gasteiger partial charge is 0.343 e. The van der Waals surface area contributed by atoms with Crippen LogP contribution in [0.25, 0.3) is 0 Å². The molecule has 1 aliphatic rings. The summed E-state index contributed by atoms with van der Waals surface area (Å²) in [6.07, 6.45) is 2.67. The van der Waals surface area contributed by atoms with Gasteiger partial charge in [-0.15, -0.1) is 11.3 Å². The number of thiophene rings is 1.